The fourth-order valence-electron chi connectivity index (χ4n) is 3.52. The quantitative estimate of drug-likeness (QED) is 0.308. The Morgan fingerprint density at radius 1 is 0.914 bits per heavy atom. The molecule has 8 nitrogen and oxygen atoms in total. The van der Waals surface area contributed by atoms with Crippen molar-refractivity contribution in [2.75, 3.05) is 14.2 Å². The number of aliphatic carboxylic acids is 1. The zero-order chi connectivity index (χ0) is 25.4. The molecule has 0 saturated heterocycles. The number of methoxy groups -OCH3 is 1. The highest BCUT2D eigenvalue weighted by atomic mass is 31.1. The molecule has 0 aliphatic carbocycles. The van der Waals surface area contributed by atoms with Crippen LogP contribution in [0.25, 0.3) is 0 Å². The molecule has 2 amide bonds. The van der Waals surface area contributed by atoms with E-state index in [0.29, 0.717) is 10.9 Å². The molecule has 0 radical (unpaired) electrons. The Labute approximate surface area is 204 Å². The summed E-state index contributed by atoms with van der Waals surface area (Å²) in [7, 11) is 1.40. The highest BCUT2D eigenvalue weighted by molar-refractivity contribution is 7.80. The van der Waals surface area contributed by atoms with Crippen molar-refractivity contribution in [3.05, 3.63) is 90.0 Å². The molecule has 0 unspecified atom stereocenters. The van der Waals surface area contributed by atoms with Gasteiger partial charge in [-0.25, -0.2) is 4.79 Å². The third kappa shape index (κ3) is 6.31. The third-order valence-corrected chi connectivity index (χ3v) is 7.66. The van der Waals surface area contributed by atoms with Gasteiger partial charge in [0.2, 0.25) is 5.91 Å². The first kappa shape index (κ1) is 25.6. The molecule has 0 fully saturated rings. The Kier molecular flexibility index (Phi) is 8.70. The van der Waals surface area contributed by atoms with Crippen molar-refractivity contribution >= 4 is 47.6 Å². The topological polar surface area (TPSA) is 122 Å². The van der Waals surface area contributed by atoms with Crippen LogP contribution in [0.5, 0.6) is 0 Å². The van der Waals surface area contributed by atoms with E-state index in [1.165, 1.54) is 26.3 Å². The fraction of sp³-hybridized carbons (Fsp3) is 0.154. The summed E-state index contributed by atoms with van der Waals surface area (Å²) in [6, 6.07) is 22.6. The second kappa shape index (κ2) is 11.9. The van der Waals surface area contributed by atoms with Gasteiger partial charge in [0.15, 0.2) is 0 Å². The molecule has 3 aromatic carbocycles. The van der Waals surface area contributed by atoms with Crippen LogP contribution < -0.4 is 26.5 Å². The van der Waals surface area contributed by atoms with Crippen LogP contribution in [0, 0.1) is 0 Å². The predicted octanol–water partition coefficient (Wildman–Crippen LogP) is 1.55. The summed E-state index contributed by atoms with van der Waals surface area (Å²) in [6.07, 6.45) is -0.570. The second-order valence-corrected chi connectivity index (χ2v) is 9.65. The van der Waals surface area contributed by atoms with Gasteiger partial charge in [0.05, 0.1) is 19.1 Å². The Hall–Kier alpha value is -4.03. The van der Waals surface area contributed by atoms with Crippen LogP contribution in [0.2, 0.25) is 0 Å². The van der Waals surface area contributed by atoms with Crippen molar-refractivity contribution in [3.8, 4) is 0 Å². The number of carbonyl (C=O) groups is 4. The average molecular weight is 492 g/mol. The zero-order valence-electron chi connectivity index (χ0n) is 19.2. The van der Waals surface area contributed by atoms with Crippen LogP contribution in [0.1, 0.15) is 27.1 Å². The Morgan fingerprint density at radius 3 is 1.97 bits per heavy atom. The van der Waals surface area contributed by atoms with E-state index in [0.717, 1.165) is 10.6 Å². The summed E-state index contributed by atoms with van der Waals surface area (Å²) in [5.41, 5.74) is 0.502. The number of esters is 1. The number of carboxylic acids is 1. The molecule has 0 aromatic heterocycles. The fourth-order valence-corrected chi connectivity index (χ4v) is 5.99. The third-order valence-electron chi connectivity index (χ3n) is 5.18. The minimum absolute atomic E-state index is 0.186. The summed E-state index contributed by atoms with van der Waals surface area (Å²) in [4.78, 5) is 49.0. The van der Waals surface area contributed by atoms with E-state index in [2.05, 4.69) is 10.6 Å². The smallest absolute Gasteiger partial charge is 0.338 e. The molecular formula is C26H25N2O6P. The van der Waals surface area contributed by atoms with E-state index in [4.69, 9.17) is 9.84 Å². The number of hydrogen-bond acceptors (Lipinski definition) is 5. The second-order valence-electron chi connectivity index (χ2n) is 7.47. The van der Waals surface area contributed by atoms with Crippen molar-refractivity contribution in [2.45, 2.75) is 12.5 Å². The van der Waals surface area contributed by atoms with Crippen molar-refractivity contribution in [2.24, 2.45) is 0 Å². The molecule has 3 rings (SSSR count). The van der Waals surface area contributed by atoms with Crippen LogP contribution >= 0.6 is 7.92 Å². The van der Waals surface area contributed by atoms with Gasteiger partial charge < -0.3 is 20.5 Å². The Balaban J connectivity index is 2.12. The Morgan fingerprint density at radius 2 is 1.49 bits per heavy atom. The molecule has 0 saturated carbocycles. The first-order valence-corrected chi connectivity index (χ1v) is 12.1. The van der Waals surface area contributed by atoms with E-state index in [9.17, 15) is 19.2 Å². The maximum atomic E-state index is 13.1. The minimum atomic E-state index is -1.25. The van der Waals surface area contributed by atoms with Gasteiger partial charge in [0, 0.05) is 17.9 Å². The molecule has 0 aliphatic rings. The number of ether oxygens (including phenoxy) is 1. The molecule has 0 bridgehead atoms. The van der Waals surface area contributed by atoms with Gasteiger partial charge in [0.1, 0.15) is 6.04 Å². The van der Waals surface area contributed by atoms with Gasteiger partial charge in [-0.15, -0.1) is 0 Å². The van der Waals surface area contributed by atoms with Crippen LogP contribution in [0.15, 0.2) is 78.9 Å². The van der Waals surface area contributed by atoms with E-state index in [1.54, 1.807) is 6.07 Å². The number of carboxylic acid groups (broad SMARTS) is 1. The minimum Gasteiger partial charge on any atom is -0.481 e. The maximum Gasteiger partial charge on any atom is 0.338 e. The number of nitrogens with one attached hydrogen (secondary N) is 2. The molecular weight excluding hydrogens is 467 g/mol. The van der Waals surface area contributed by atoms with E-state index in [-0.39, 0.29) is 5.56 Å². The lowest BCUT2D eigenvalue weighted by molar-refractivity contribution is -0.139. The standard InChI is InChI=1S/C26H25N2O6P/c1-27-25(32)21(16-23(29)30)28-24(31)17-13-14-20(26(33)34-2)22(15-17)35(18-9-5-3-6-10-18)19-11-7-4-8-12-19/h3-15,21H,16H2,1-2H3,(H,27,32)(H,28,31)(H,29,30)/t21-/m0/s1. The van der Waals surface area contributed by atoms with Gasteiger partial charge in [-0.3, -0.25) is 14.4 Å². The SMILES string of the molecule is CNC(=O)[C@H](CC(=O)O)NC(=O)c1ccc(C(=O)OC)c(P(c2ccccc2)c2ccccc2)c1. The van der Waals surface area contributed by atoms with Gasteiger partial charge in [-0.1, -0.05) is 60.7 Å². The van der Waals surface area contributed by atoms with E-state index in [1.807, 2.05) is 60.7 Å². The number of likely N-dealkylation sites (N-methyl/N-ethyl adjacent to an activating group) is 1. The molecule has 3 aromatic rings. The van der Waals surface area contributed by atoms with Crippen LogP contribution in [-0.2, 0) is 14.3 Å². The molecule has 0 aliphatic heterocycles. The lowest BCUT2D eigenvalue weighted by Crippen LogP contribution is -2.47. The number of amides is 2. The largest absolute Gasteiger partial charge is 0.481 e. The van der Waals surface area contributed by atoms with Crippen molar-refractivity contribution in [1.82, 2.24) is 10.6 Å². The summed E-state index contributed by atoms with van der Waals surface area (Å²) >= 11 is 0. The van der Waals surface area contributed by atoms with E-state index < -0.39 is 44.1 Å². The van der Waals surface area contributed by atoms with Gasteiger partial charge >= 0.3 is 11.9 Å². The van der Waals surface area contributed by atoms with Crippen molar-refractivity contribution < 1.29 is 29.0 Å². The summed E-state index contributed by atoms with van der Waals surface area (Å²) < 4.78 is 5.01. The van der Waals surface area contributed by atoms with Gasteiger partial charge in [0.25, 0.3) is 5.91 Å². The average Bonchev–Trinajstić information content (AvgIpc) is 2.88. The first-order valence-electron chi connectivity index (χ1n) is 10.7. The zero-order valence-corrected chi connectivity index (χ0v) is 20.1. The number of rotatable bonds is 9. The van der Waals surface area contributed by atoms with Crippen LogP contribution in [0.4, 0.5) is 0 Å². The summed E-state index contributed by atoms with van der Waals surface area (Å²) in [5.74, 6) is -3.02. The summed E-state index contributed by atoms with van der Waals surface area (Å²) in [6.45, 7) is 0. The van der Waals surface area contributed by atoms with Gasteiger partial charge in [-0.05, 0) is 36.7 Å². The molecule has 35 heavy (non-hydrogen) atoms. The highest BCUT2D eigenvalue weighted by Gasteiger charge is 2.27. The molecule has 1 atom stereocenters. The van der Waals surface area contributed by atoms with Crippen LogP contribution in [0.3, 0.4) is 0 Å². The highest BCUT2D eigenvalue weighted by Crippen LogP contribution is 2.34. The van der Waals surface area contributed by atoms with Crippen molar-refractivity contribution in [3.63, 3.8) is 0 Å². The number of hydrogen-bond donors (Lipinski definition) is 3. The molecule has 180 valence electrons. The summed E-state index contributed by atoms with van der Waals surface area (Å²) in [5, 5.41) is 16.5. The molecule has 3 N–H and O–H groups in total. The normalized spacial score (nSPS) is 11.4. The monoisotopic (exact) mass is 492 g/mol. The Bertz CT molecular complexity index is 1180. The van der Waals surface area contributed by atoms with Crippen LogP contribution in [-0.4, -0.2) is 49.1 Å². The van der Waals surface area contributed by atoms with Gasteiger partial charge in [-0.2, -0.15) is 0 Å². The van der Waals surface area contributed by atoms with E-state index >= 15 is 0 Å². The number of benzene rings is 3. The molecule has 0 spiro atoms. The maximum absolute atomic E-state index is 13.1. The van der Waals surface area contributed by atoms with Crippen molar-refractivity contribution in [1.29, 1.82) is 0 Å². The number of carbonyl (C=O) groups excluding carboxylic acids is 3. The molecule has 0 heterocycles. The lowest BCUT2D eigenvalue weighted by atomic mass is 10.1. The molecule has 9 heteroatoms. The lowest BCUT2D eigenvalue weighted by Gasteiger charge is -2.22. The predicted molar refractivity (Wildman–Crippen MR) is 134 cm³/mol. The first-order chi connectivity index (χ1) is 16.8.